The van der Waals surface area contributed by atoms with Crippen LogP contribution >= 0.6 is 0 Å². The van der Waals surface area contributed by atoms with E-state index in [9.17, 15) is 18.7 Å². The summed E-state index contributed by atoms with van der Waals surface area (Å²) in [6, 6.07) is 2.46. The molecule has 0 unspecified atom stereocenters. The third kappa shape index (κ3) is 6.84. The number of alkyl halides is 2. The molecule has 0 aliphatic heterocycles. The van der Waals surface area contributed by atoms with Gasteiger partial charge in [-0.05, 0) is 26.0 Å². The Hall–Kier alpha value is -1.96. The summed E-state index contributed by atoms with van der Waals surface area (Å²) in [5.74, 6) is -0.0424. The van der Waals surface area contributed by atoms with Crippen LogP contribution in [-0.4, -0.2) is 46.8 Å². The van der Waals surface area contributed by atoms with Crippen molar-refractivity contribution in [1.82, 2.24) is 15.2 Å². The van der Waals surface area contributed by atoms with E-state index in [1.807, 2.05) is 0 Å². The average molecular weight is 303 g/mol. The van der Waals surface area contributed by atoms with Gasteiger partial charge in [0.25, 0.3) is 0 Å². The Bertz CT molecular complexity index is 461. The Morgan fingerprint density at radius 3 is 2.67 bits per heavy atom. The number of halogens is 2. The minimum atomic E-state index is -2.90. The number of amides is 2. The molecule has 1 aromatic heterocycles. The number of carbonyl (C=O) groups excluding carboxylic acids is 1. The smallest absolute Gasteiger partial charge is 0.387 e. The normalized spacial score (nSPS) is 11.4. The number of nitrogens with one attached hydrogen (secondary N) is 1. The van der Waals surface area contributed by atoms with Crippen LogP contribution in [-0.2, 0) is 6.54 Å². The molecular weight excluding hydrogens is 284 g/mol. The lowest BCUT2D eigenvalue weighted by Crippen LogP contribution is -2.44. The van der Waals surface area contributed by atoms with Crippen LogP contribution < -0.4 is 10.1 Å². The van der Waals surface area contributed by atoms with Crippen LogP contribution in [0.15, 0.2) is 18.3 Å². The average Bonchev–Trinajstić information content (AvgIpc) is 2.34. The van der Waals surface area contributed by atoms with Crippen LogP contribution in [0.5, 0.6) is 5.75 Å². The monoisotopic (exact) mass is 303 g/mol. The Morgan fingerprint density at radius 2 is 2.19 bits per heavy atom. The zero-order chi connectivity index (χ0) is 16.0. The molecule has 0 aromatic carbocycles. The highest BCUT2D eigenvalue weighted by Crippen LogP contribution is 2.12. The second kappa shape index (κ2) is 7.16. The second-order valence-corrected chi connectivity index (χ2v) is 5.19. The summed E-state index contributed by atoms with van der Waals surface area (Å²) in [5.41, 5.74) is -0.486. The van der Waals surface area contributed by atoms with Gasteiger partial charge in [0.2, 0.25) is 0 Å². The number of likely N-dealkylation sites (N-methyl/N-ethyl adjacent to an activating group) is 1. The predicted molar refractivity (Wildman–Crippen MR) is 72.0 cm³/mol. The molecule has 0 saturated heterocycles. The number of hydrogen-bond acceptors (Lipinski definition) is 4. The van der Waals surface area contributed by atoms with Gasteiger partial charge in [0.1, 0.15) is 5.75 Å². The fraction of sp³-hybridized carbons (Fsp3) is 0.538. The molecule has 0 aliphatic rings. The lowest BCUT2D eigenvalue weighted by atomic mass is 10.1. The van der Waals surface area contributed by atoms with Gasteiger partial charge in [-0.3, -0.25) is 4.98 Å². The van der Waals surface area contributed by atoms with Gasteiger partial charge in [-0.15, -0.1) is 0 Å². The molecule has 0 fully saturated rings. The van der Waals surface area contributed by atoms with E-state index in [1.165, 1.54) is 17.0 Å². The standard InChI is InChI=1S/C13H19F2N3O3/c1-13(2,20)8-18(3)12(19)17-6-9-4-5-10(7-16-9)21-11(14)15/h4-5,7,11,20H,6,8H2,1-3H3,(H,17,19). The van der Waals surface area contributed by atoms with Crippen molar-refractivity contribution in [3.63, 3.8) is 0 Å². The van der Waals surface area contributed by atoms with Crippen LogP contribution in [0.1, 0.15) is 19.5 Å². The lowest BCUT2D eigenvalue weighted by molar-refractivity contribution is -0.0500. The van der Waals surface area contributed by atoms with E-state index < -0.39 is 12.2 Å². The van der Waals surface area contributed by atoms with Crippen molar-refractivity contribution < 1.29 is 23.4 Å². The predicted octanol–water partition coefficient (Wildman–Crippen LogP) is 1.60. The van der Waals surface area contributed by atoms with Crippen molar-refractivity contribution in [2.75, 3.05) is 13.6 Å². The summed E-state index contributed by atoms with van der Waals surface area (Å²) >= 11 is 0. The van der Waals surface area contributed by atoms with E-state index in [2.05, 4.69) is 15.0 Å². The summed E-state index contributed by atoms with van der Waals surface area (Å²) in [6.45, 7) is 0.616. The molecule has 1 rings (SSSR count). The molecule has 0 aliphatic carbocycles. The molecule has 118 valence electrons. The van der Waals surface area contributed by atoms with Crippen molar-refractivity contribution >= 4 is 6.03 Å². The first kappa shape index (κ1) is 17.1. The third-order valence-electron chi connectivity index (χ3n) is 2.41. The maximum atomic E-state index is 12.0. The first-order chi connectivity index (χ1) is 9.67. The fourth-order valence-corrected chi connectivity index (χ4v) is 1.64. The van der Waals surface area contributed by atoms with Crippen molar-refractivity contribution in [2.45, 2.75) is 32.6 Å². The molecule has 1 aromatic rings. The van der Waals surface area contributed by atoms with Crippen molar-refractivity contribution in [3.05, 3.63) is 24.0 Å². The van der Waals surface area contributed by atoms with Crippen LogP contribution in [0.25, 0.3) is 0 Å². The molecule has 6 nitrogen and oxygen atoms in total. The van der Waals surface area contributed by atoms with Gasteiger partial charge in [-0.2, -0.15) is 8.78 Å². The van der Waals surface area contributed by atoms with Gasteiger partial charge in [0, 0.05) is 7.05 Å². The molecule has 0 atom stereocenters. The van der Waals surface area contributed by atoms with E-state index >= 15 is 0 Å². The minimum absolute atomic E-state index is 0.0424. The SMILES string of the molecule is CN(CC(C)(C)O)C(=O)NCc1ccc(OC(F)F)cn1. The van der Waals surface area contributed by atoms with Gasteiger partial charge < -0.3 is 20.1 Å². The highest BCUT2D eigenvalue weighted by atomic mass is 19.3. The molecule has 0 spiro atoms. The van der Waals surface area contributed by atoms with Gasteiger partial charge >= 0.3 is 12.6 Å². The van der Waals surface area contributed by atoms with Crippen LogP contribution in [0.2, 0.25) is 0 Å². The topological polar surface area (TPSA) is 74.7 Å². The molecule has 2 N–H and O–H groups in total. The number of rotatable bonds is 6. The first-order valence-corrected chi connectivity index (χ1v) is 6.28. The van der Waals surface area contributed by atoms with E-state index in [0.717, 1.165) is 6.20 Å². The Balaban J connectivity index is 2.46. The van der Waals surface area contributed by atoms with Gasteiger partial charge in [0.05, 0.1) is 30.6 Å². The number of hydrogen-bond donors (Lipinski definition) is 2. The van der Waals surface area contributed by atoms with Crippen LogP contribution in [0.3, 0.4) is 0 Å². The van der Waals surface area contributed by atoms with E-state index in [4.69, 9.17) is 0 Å². The van der Waals surface area contributed by atoms with Gasteiger partial charge in [-0.1, -0.05) is 0 Å². The summed E-state index contributed by atoms with van der Waals surface area (Å²) in [5, 5.41) is 12.2. The van der Waals surface area contributed by atoms with E-state index in [1.54, 1.807) is 20.9 Å². The summed E-state index contributed by atoms with van der Waals surface area (Å²) in [6.07, 6.45) is 1.16. The number of carbonyl (C=O) groups is 1. The maximum absolute atomic E-state index is 12.0. The Labute approximate surface area is 121 Å². The third-order valence-corrected chi connectivity index (χ3v) is 2.41. The zero-order valence-electron chi connectivity index (χ0n) is 12.1. The minimum Gasteiger partial charge on any atom is -0.433 e. The van der Waals surface area contributed by atoms with Crippen molar-refractivity contribution in [2.24, 2.45) is 0 Å². The largest absolute Gasteiger partial charge is 0.433 e. The van der Waals surface area contributed by atoms with Crippen LogP contribution in [0.4, 0.5) is 13.6 Å². The molecular formula is C13H19F2N3O3. The molecule has 1 heterocycles. The maximum Gasteiger partial charge on any atom is 0.387 e. The quantitative estimate of drug-likeness (QED) is 0.837. The second-order valence-electron chi connectivity index (χ2n) is 5.19. The number of aliphatic hydroxyl groups is 1. The molecule has 0 saturated carbocycles. The lowest BCUT2D eigenvalue weighted by Gasteiger charge is -2.25. The molecule has 0 radical (unpaired) electrons. The van der Waals surface area contributed by atoms with Gasteiger partial charge in [-0.25, -0.2) is 4.79 Å². The molecule has 8 heteroatoms. The highest BCUT2D eigenvalue weighted by Gasteiger charge is 2.19. The summed E-state index contributed by atoms with van der Waals surface area (Å²) < 4.78 is 28.1. The van der Waals surface area contributed by atoms with Crippen LogP contribution in [0, 0.1) is 0 Å². The van der Waals surface area contributed by atoms with E-state index in [-0.39, 0.29) is 24.9 Å². The number of ether oxygens (including phenoxy) is 1. The number of pyridine rings is 1. The van der Waals surface area contributed by atoms with Crippen molar-refractivity contribution in [1.29, 1.82) is 0 Å². The van der Waals surface area contributed by atoms with Gasteiger partial charge in [0.15, 0.2) is 0 Å². The number of aromatic nitrogens is 1. The molecule has 2 amide bonds. The number of urea groups is 1. The van der Waals surface area contributed by atoms with E-state index in [0.29, 0.717) is 5.69 Å². The Kier molecular flexibility index (Phi) is 5.83. The molecule has 0 bridgehead atoms. The highest BCUT2D eigenvalue weighted by molar-refractivity contribution is 5.73. The summed E-state index contributed by atoms with van der Waals surface area (Å²) in [4.78, 5) is 17.0. The fourth-order valence-electron chi connectivity index (χ4n) is 1.64. The zero-order valence-corrected chi connectivity index (χ0v) is 12.1. The number of nitrogens with zero attached hydrogens (tertiary/aromatic N) is 2. The Morgan fingerprint density at radius 1 is 1.52 bits per heavy atom. The first-order valence-electron chi connectivity index (χ1n) is 6.28. The van der Waals surface area contributed by atoms with Crippen molar-refractivity contribution in [3.8, 4) is 5.75 Å². The molecule has 21 heavy (non-hydrogen) atoms. The summed E-state index contributed by atoms with van der Waals surface area (Å²) in [7, 11) is 1.56.